The number of aliphatic hydroxyl groups is 1. The predicted octanol–water partition coefficient (Wildman–Crippen LogP) is 3.57. The van der Waals surface area contributed by atoms with Crippen molar-refractivity contribution in [1.82, 2.24) is 15.3 Å². The van der Waals surface area contributed by atoms with E-state index < -0.39 is 18.0 Å². The zero-order valence-corrected chi connectivity index (χ0v) is 20.7. The van der Waals surface area contributed by atoms with E-state index in [1.807, 2.05) is 36.5 Å². The van der Waals surface area contributed by atoms with E-state index in [4.69, 9.17) is 14.9 Å². The number of ether oxygens (including phenoxy) is 1. The van der Waals surface area contributed by atoms with Crippen LogP contribution in [0, 0.1) is 0 Å². The van der Waals surface area contributed by atoms with Crippen molar-refractivity contribution in [3.63, 3.8) is 0 Å². The molecule has 0 amide bonds. The number of nitrogens with one attached hydrogen (secondary N) is 2. The molecule has 0 fully saturated rings. The summed E-state index contributed by atoms with van der Waals surface area (Å²) in [5.74, 6) is -0.817. The number of H-pyrrole nitrogens is 1. The maximum atomic E-state index is 10.0. The van der Waals surface area contributed by atoms with Gasteiger partial charge in [-0.05, 0) is 49.9 Å². The molecule has 35 heavy (non-hydrogen) atoms. The molecule has 0 saturated heterocycles. The van der Waals surface area contributed by atoms with Crippen LogP contribution < -0.4 is 10.1 Å². The van der Waals surface area contributed by atoms with Crippen LogP contribution >= 0.6 is 11.3 Å². The van der Waals surface area contributed by atoms with Crippen LogP contribution in [-0.2, 0) is 16.0 Å². The van der Waals surface area contributed by atoms with Gasteiger partial charge in [0.15, 0.2) is 0 Å². The van der Waals surface area contributed by atoms with E-state index in [1.165, 1.54) is 4.88 Å². The van der Waals surface area contributed by atoms with Crippen molar-refractivity contribution in [2.75, 3.05) is 13.2 Å². The molecule has 0 radical (unpaired) electrons. The summed E-state index contributed by atoms with van der Waals surface area (Å²) in [5, 5.41) is 31.0. The van der Waals surface area contributed by atoms with Gasteiger partial charge < -0.3 is 30.4 Å². The average Bonchev–Trinajstić information content (AvgIpc) is 3.48. The molecule has 3 rings (SSSR count). The highest BCUT2D eigenvalue weighted by Crippen LogP contribution is 2.23. The number of β-amino-alcohol motifs (C(OH)–C–C–N with tert-alkyl or cyclic N) is 1. The van der Waals surface area contributed by atoms with Crippen LogP contribution in [0.1, 0.15) is 32.2 Å². The van der Waals surface area contributed by atoms with Gasteiger partial charge in [-0.1, -0.05) is 18.2 Å². The van der Waals surface area contributed by atoms with Gasteiger partial charge in [0, 0.05) is 30.7 Å². The van der Waals surface area contributed by atoms with Crippen molar-refractivity contribution in [1.29, 1.82) is 0 Å². The first-order valence-corrected chi connectivity index (χ1v) is 11.8. The Labute approximate surface area is 208 Å². The summed E-state index contributed by atoms with van der Waals surface area (Å²) in [4.78, 5) is 28.1. The van der Waals surface area contributed by atoms with E-state index in [1.54, 1.807) is 11.3 Å². The van der Waals surface area contributed by atoms with E-state index in [9.17, 15) is 14.7 Å². The maximum absolute atomic E-state index is 10.0. The lowest BCUT2D eigenvalue weighted by Gasteiger charge is -2.23. The van der Waals surface area contributed by atoms with Gasteiger partial charge in [0.2, 0.25) is 0 Å². The fraction of sp³-hybridized carbons (Fsp3) is 0.320. The van der Waals surface area contributed by atoms with Crippen LogP contribution in [0.2, 0.25) is 0 Å². The Morgan fingerprint density at radius 3 is 2.34 bits per heavy atom. The van der Waals surface area contributed by atoms with E-state index in [-0.39, 0.29) is 12.1 Å². The molecular formula is C25H31N3O6S. The Hall–Kier alpha value is -3.47. The van der Waals surface area contributed by atoms with Gasteiger partial charge in [0.1, 0.15) is 24.3 Å². The third-order valence-electron chi connectivity index (χ3n) is 4.39. The number of carbonyl (C=O) groups is 2. The molecule has 0 aliphatic rings. The molecule has 0 unspecified atom stereocenters. The number of carboxylic acid groups (broad SMARTS) is 2. The lowest BCUT2D eigenvalue weighted by Crippen LogP contribution is -2.42. The molecule has 0 aliphatic carbocycles. The molecule has 3 aromatic rings. The van der Waals surface area contributed by atoms with Crippen molar-refractivity contribution in [2.24, 2.45) is 0 Å². The molecule has 0 aliphatic heterocycles. The van der Waals surface area contributed by atoms with Crippen LogP contribution in [0.25, 0.3) is 10.6 Å². The zero-order valence-electron chi connectivity index (χ0n) is 19.9. The number of benzene rings is 1. The van der Waals surface area contributed by atoms with Gasteiger partial charge in [-0.3, -0.25) is 0 Å². The lowest BCUT2D eigenvalue weighted by atomic mass is 10.1. The van der Waals surface area contributed by atoms with Crippen LogP contribution in [-0.4, -0.2) is 62.0 Å². The topological polar surface area (TPSA) is 145 Å². The Morgan fingerprint density at radius 1 is 1.14 bits per heavy atom. The first-order chi connectivity index (χ1) is 16.5. The van der Waals surface area contributed by atoms with Crippen molar-refractivity contribution in [3.8, 4) is 16.3 Å². The number of thiophene rings is 1. The Balaban J connectivity index is 0.000000466. The minimum Gasteiger partial charge on any atom is -0.491 e. The summed E-state index contributed by atoms with van der Waals surface area (Å²) in [6, 6.07) is 12.0. The Morgan fingerprint density at radius 2 is 1.80 bits per heavy atom. The summed E-state index contributed by atoms with van der Waals surface area (Å²) in [5.41, 5.74) is 2.19. The van der Waals surface area contributed by atoms with E-state index in [2.05, 4.69) is 47.5 Å². The molecular weight excluding hydrogens is 470 g/mol. The third kappa shape index (κ3) is 11.5. The molecule has 2 aromatic heterocycles. The highest BCUT2D eigenvalue weighted by Gasteiger charge is 2.12. The van der Waals surface area contributed by atoms with E-state index >= 15 is 0 Å². The molecule has 0 saturated carbocycles. The SMILES string of the molecule is CC(C)(C)NC[C@H](O)COc1ccc(Cc2ncc(-c3cccs3)[nH]2)cc1.O=C(O)/C=C\C(=O)O. The number of rotatable bonds is 10. The second-order valence-corrected chi connectivity index (χ2v) is 9.59. The standard InChI is InChI=1S/C21H27N3O2S.C4H4O4/c1-21(2,3)23-12-16(25)14-26-17-8-6-15(7-9-17)11-20-22-13-18(24-20)19-5-4-10-27-19;5-3(6)1-2-4(7)8/h4-10,13,16,23,25H,11-12,14H2,1-3H3,(H,22,24);1-2H,(H,5,6)(H,7,8)/b;2-1-/t16-;/m0./s1. The van der Waals surface area contributed by atoms with Crippen LogP contribution in [0.15, 0.2) is 60.1 Å². The second kappa shape index (κ2) is 13.4. The number of carboxylic acids is 2. The number of aromatic amines is 1. The van der Waals surface area contributed by atoms with Crippen molar-refractivity contribution < 1.29 is 29.6 Å². The number of nitrogens with zero attached hydrogens (tertiary/aromatic N) is 1. The predicted molar refractivity (Wildman–Crippen MR) is 135 cm³/mol. The highest BCUT2D eigenvalue weighted by atomic mass is 32.1. The Kier molecular flexibility index (Phi) is 10.7. The molecule has 2 heterocycles. The number of aromatic nitrogens is 2. The second-order valence-electron chi connectivity index (χ2n) is 8.65. The maximum Gasteiger partial charge on any atom is 0.328 e. The fourth-order valence-corrected chi connectivity index (χ4v) is 3.42. The molecule has 1 atom stereocenters. The zero-order chi connectivity index (χ0) is 25.8. The first kappa shape index (κ1) is 27.8. The molecule has 5 N–H and O–H groups in total. The molecule has 188 valence electrons. The largest absolute Gasteiger partial charge is 0.491 e. The normalized spacial score (nSPS) is 12.1. The summed E-state index contributed by atoms with van der Waals surface area (Å²) < 4.78 is 5.68. The minimum absolute atomic E-state index is 0.0160. The smallest absolute Gasteiger partial charge is 0.328 e. The van der Waals surface area contributed by atoms with Gasteiger partial charge in [-0.2, -0.15) is 0 Å². The number of imidazole rings is 1. The van der Waals surface area contributed by atoms with Gasteiger partial charge in [0.05, 0.1) is 16.8 Å². The lowest BCUT2D eigenvalue weighted by molar-refractivity contribution is -0.134. The van der Waals surface area contributed by atoms with E-state index in [0.717, 1.165) is 29.3 Å². The monoisotopic (exact) mass is 501 g/mol. The van der Waals surface area contributed by atoms with Crippen molar-refractivity contribution >= 4 is 23.3 Å². The average molecular weight is 502 g/mol. The summed E-state index contributed by atoms with van der Waals surface area (Å²) in [6.07, 6.45) is 3.20. The van der Waals surface area contributed by atoms with Gasteiger partial charge >= 0.3 is 11.9 Å². The summed E-state index contributed by atoms with van der Waals surface area (Å²) >= 11 is 1.70. The summed E-state index contributed by atoms with van der Waals surface area (Å²) in [6.45, 7) is 6.99. The number of aliphatic hydroxyl groups excluding tert-OH is 1. The van der Waals surface area contributed by atoms with Gasteiger partial charge in [-0.25, -0.2) is 14.6 Å². The molecule has 0 bridgehead atoms. The van der Waals surface area contributed by atoms with Crippen LogP contribution in [0.5, 0.6) is 5.75 Å². The van der Waals surface area contributed by atoms with Crippen LogP contribution in [0.4, 0.5) is 0 Å². The van der Waals surface area contributed by atoms with Gasteiger partial charge in [-0.15, -0.1) is 11.3 Å². The van der Waals surface area contributed by atoms with Crippen molar-refractivity contribution in [2.45, 2.75) is 38.8 Å². The number of aliphatic carboxylic acids is 2. The third-order valence-corrected chi connectivity index (χ3v) is 5.29. The highest BCUT2D eigenvalue weighted by molar-refractivity contribution is 7.13. The molecule has 1 aromatic carbocycles. The van der Waals surface area contributed by atoms with Crippen LogP contribution in [0.3, 0.4) is 0 Å². The van der Waals surface area contributed by atoms with Crippen molar-refractivity contribution in [3.05, 3.63) is 71.5 Å². The molecule has 10 heteroatoms. The summed E-state index contributed by atoms with van der Waals surface area (Å²) in [7, 11) is 0. The fourth-order valence-electron chi connectivity index (χ4n) is 2.72. The number of hydrogen-bond acceptors (Lipinski definition) is 7. The molecule has 0 spiro atoms. The number of hydrogen-bond donors (Lipinski definition) is 5. The Bertz CT molecular complexity index is 1070. The quantitative estimate of drug-likeness (QED) is 0.265. The molecule has 9 nitrogen and oxygen atoms in total. The first-order valence-electron chi connectivity index (χ1n) is 10.9. The minimum atomic E-state index is -1.26. The van der Waals surface area contributed by atoms with E-state index in [0.29, 0.717) is 18.7 Å². The van der Waals surface area contributed by atoms with Gasteiger partial charge in [0.25, 0.3) is 0 Å².